The Bertz CT molecular complexity index is 1710. The lowest BCUT2D eigenvalue weighted by Crippen LogP contribution is -2.56. The molecule has 2 amide bonds. The molecule has 3 aromatic heterocycles. The number of aromatic nitrogens is 2. The molecule has 0 aliphatic carbocycles. The van der Waals surface area contributed by atoms with E-state index in [0.717, 1.165) is 55.9 Å². The number of fused-ring (bicyclic) bond motifs is 2. The second-order valence-corrected chi connectivity index (χ2v) is 12.4. The number of carbonyl (C=O) groups is 2. The lowest BCUT2D eigenvalue weighted by atomic mass is 10.0. The number of halogens is 3. The molecular weight excluding hydrogens is 593 g/mol. The molecule has 13 heteroatoms. The van der Waals surface area contributed by atoms with Gasteiger partial charge in [-0.15, -0.1) is 11.3 Å². The fourth-order valence-corrected chi connectivity index (χ4v) is 7.24. The summed E-state index contributed by atoms with van der Waals surface area (Å²) in [5.41, 5.74) is 2.25. The first-order valence-corrected chi connectivity index (χ1v) is 15.5. The van der Waals surface area contributed by atoms with E-state index in [1.165, 1.54) is 17.4 Å². The van der Waals surface area contributed by atoms with Crippen molar-refractivity contribution < 1.29 is 27.5 Å². The van der Waals surface area contributed by atoms with Gasteiger partial charge in [-0.05, 0) is 47.9 Å². The Hall–Kier alpha value is -3.78. The topological polar surface area (TPSA) is 82.4 Å². The van der Waals surface area contributed by atoms with Gasteiger partial charge in [-0.25, -0.2) is 4.98 Å². The van der Waals surface area contributed by atoms with E-state index in [1.54, 1.807) is 33.1 Å². The number of nitrogens with zero attached hydrogens (tertiary/aromatic N) is 5. The zero-order chi connectivity index (χ0) is 30.4. The number of rotatable bonds is 6. The van der Waals surface area contributed by atoms with Gasteiger partial charge in [-0.3, -0.25) is 23.8 Å². The maximum atomic E-state index is 13.9. The Balaban J connectivity index is 1.04. The van der Waals surface area contributed by atoms with Gasteiger partial charge in [0.25, 0.3) is 11.8 Å². The van der Waals surface area contributed by atoms with Crippen molar-refractivity contribution in [1.29, 1.82) is 0 Å². The number of piperazine rings is 1. The predicted molar refractivity (Wildman–Crippen MR) is 159 cm³/mol. The fraction of sp³-hybridized carbons (Fsp3) is 0.387. The van der Waals surface area contributed by atoms with Crippen LogP contribution in [0.25, 0.3) is 5.65 Å². The molecule has 0 spiro atoms. The van der Waals surface area contributed by atoms with Crippen molar-refractivity contribution in [2.45, 2.75) is 31.7 Å². The van der Waals surface area contributed by atoms with Gasteiger partial charge in [-0.1, -0.05) is 6.07 Å². The SMILES string of the molecule is O=C(Nc1cc(CN2CCN(C3COC3)CC2)cc(C(F)(F)F)c1)c1csc2c1CCN(C(=O)c1cnc3ccccn13)C2. The second-order valence-electron chi connectivity index (χ2n) is 11.5. The third kappa shape index (κ3) is 5.72. The summed E-state index contributed by atoms with van der Waals surface area (Å²) in [6.07, 6.45) is -0.716. The molecule has 230 valence electrons. The molecule has 0 atom stereocenters. The summed E-state index contributed by atoms with van der Waals surface area (Å²) in [7, 11) is 0. The van der Waals surface area contributed by atoms with Crippen molar-refractivity contribution in [2.24, 2.45) is 0 Å². The first-order valence-electron chi connectivity index (χ1n) is 14.6. The first-order chi connectivity index (χ1) is 21.2. The van der Waals surface area contributed by atoms with Crippen LogP contribution in [0.2, 0.25) is 0 Å². The number of carbonyl (C=O) groups excluding carboxylic acids is 2. The molecule has 44 heavy (non-hydrogen) atoms. The zero-order valence-electron chi connectivity index (χ0n) is 23.8. The van der Waals surface area contributed by atoms with Crippen LogP contribution in [0, 0.1) is 0 Å². The summed E-state index contributed by atoms with van der Waals surface area (Å²) >= 11 is 1.38. The maximum Gasteiger partial charge on any atom is 0.416 e. The van der Waals surface area contributed by atoms with Crippen LogP contribution in [0.5, 0.6) is 0 Å². The number of amides is 2. The third-order valence-electron chi connectivity index (χ3n) is 8.64. The van der Waals surface area contributed by atoms with E-state index in [1.807, 2.05) is 18.2 Å². The molecule has 2 saturated heterocycles. The molecule has 9 nitrogen and oxygen atoms in total. The van der Waals surface area contributed by atoms with Crippen molar-refractivity contribution >= 4 is 34.5 Å². The molecule has 0 unspecified atom stereocenters. The highest BCUT2D eigenvalue weighted by Gasteiger charge is 2.33. The summed E-state index contributed by atoms with van der Waals surface area (Å²) in [5, 5.41) is 4.46. The van der Waals surface area contributed by atoms with Crippen molar-refractivity contribution in [3.8, 4) is 0 Å². The van der Waals surface area contributed by atoms with Crippen molar-refractivity contribution in [1.82, 2.24) is 24.1 Å². The van der Waals surface area contributed by atoms with Crippen LogP contribution in [0.4, 0.5) is 18.9 Å². The quantitative estimate of drug-likeness (QED) is 0.343. The molecule has 1 N–H and O–H groups in total. The molecular formula is C31H31F3N6O3S. The average Bonchev–Trinajstić information content (AvgIpc) is 3.61. The number of imidazole rings is 1. The van der Waals surface area contributed by atoms with E-state index in [2.05, 4.69) is 20.1 Å². The summed E-state index contributed by atoms with van der Waals surface area (Å²) in [4.78, 5) is 38.1. The minimum Gasteiger partial charge on any atom is -0.378 e. The Labute approximate surface area is 255 Å². The lowest BCUT2D eigenvalue weighted by Gasteiger charge is -2.42. The molecule has 3 aliphatic heterocycles. The number of alkyl halides is 3. The number of benzene rings is 1. The summed E-state index contributed by atoms with van der Waals surface area (Å²) in [6, 6.07) is 9.76. The predicted octanol–water partition coefficient (Wildman–Crippen LogP) is 4.38. The van der Waals surface area contributed by atoms with E-state index >= 15 is 0 Å². The van der Waals surface area contributed by atoms with Gasteiger partial charge in [0.2, 0.25) is 0 Å². The minimum absolute atomic E-state index is 0.116. The average molecular weight is 625 g/mol. The first kappa shape index (κ1) is 29.0. The number of anilines is 1. The van der Waals surface area contributed by atoms with Crippen LogP contribution < -0.4 is 5.32 Å². The summed E-state index contributed by atoms with van der Waals surface area (Å²) < 4.78 is 48.6. The smallest absolute Gasteiger partial charge is 0.378 e. The van der Waals surface area contributed by atoms with Gasteiger partial charge >= 0.3 is 6.18 Å². The largest absolute Gasteiger partial charge is 0.416 e. The van der Waals surface area contributed by atoms with Gasteiger partial charge in [0, 0.05) is 61.4 Å². The normalized spacial score (nSPS) is 18.3. The Morgan fingerprint density at radius 3 is 2.64 bits per heavy atom. The Kier molecular flexibility index (Phi) is 7.65. The van der Waals surface area contributed by atoms with E-state index in [9.17, 15) is 22.8 Å². The highest BCUT2D eigenvalue weighted by molar-refractivity contribution is 7.10. The molecule has 6 heterocycles. The number of hydrogen-bond donors (Lipinski definition) is 1. The van der Waals surface area contributed by atoms with Crippen LogP contribution >= 0.6 is 11.3 Å². The number of thiophene rings is 1. The Morgan fingerprint density at radius 2 is 1.89 bits per heavy atom. The third-order valence-corrected chi connectivity index (χ3v) is 9.66. The van der Waals surface area contributed by atoms with Gasteiger partial charge in [0.15, 0.2) is 0 Å². The van der Waals surface area contributed by atoms with Gasteiger partial charge < -0.3 is 15.0 Å². The highest BCUT2D eigenvalue weighted by Crippen LogP contribution is 2.34. The van der Waals surface area contributed by atoms with Gasteiger partial charge in [0.1, 0.15) is 11.3 Å². The number of pyridine rings is 1. The van der Waals surface area contributed by atoms with Crippen LogP contribution in [0.15, 0.2) is 54.2 Å². The molecule has 1 aromatic carbocycles. The van der Waals surface area contributed by atoms with Crippen LogP contribution in [-0.2, 0) is 30.4 Å². The number of hydrogen-bond acceptors (Lipinski definition) is 7. The second kappa shape index (κ2) is 11.6. The van der Waals surface area contributed by atoms with Crippen molar-refractivity contribution in [3.05, 3.63) is 87.0 Å². The van der Waals surface area contributed by atoms with Crippen molar-refractivity contribution in [2.75, 3.05) is 51.3 Å². The summed E-state index contributed by atoms with van der Waals surface area (Å²) in [5.74, 6) is -0.602. The fourth-order valence-electron chi connectivity index (χ4n) is 6.14. The van der Waals surface area contributed by atoms with Crippen LogP contribution in [0.3, 0.4) is 0 Å². The molecule has 0 saturated carbocycles. The maximum absolute atomic E-state index is 13.9. The van der Waals surface area contributed by atoms with E-state index in [0.29, 0.717) is 54.6 Å². The van der Waals surface area contributed by atoms with Crippen LogP contribution in [0.1, 0.15) is 42.4 Å². The van der Waals surface area contributed by atoms with Gasteiger partial charge in [-0.2, -0.15) is 13.2 Å². The van der Waals surface area contributed by atoms with Crippen LogP contribution in [-0.4, -0.2) is 87.9 Å². The number of nitrogens with one attached hydrogen (secondary N) is 1. The molecule has 0 bridgehead atoms. The Morgan fingerprint density at radius 1 is 1.07 bits per heavy atom. The minimum atomic E-state index is -4.54. The molecule has 3 aliphatic rings. The molecule has 2 fully saturated rings. The molecule has 4 aromatic rings. The van der Waals surface area contributed by atoms with Gasteiger partial charge in [0.05, 0.1) is 43.1 Å². The van der Waals surface area contributed by atoms with E-state index < -0.39 is 17.6 Å². The number of ether oxygens (including phenoxy) is 1. The standard InChI is InChI=1S/C31H31F3N6O3S/c32-31(33,34)21-11-20(15-37-7-9-38(10-8-37)23-17-43-18-23)12-22(13-21)36-29(41)25-19-44-27-16-39(6-4-24(25)27)30(42)26-14-35-28-3-1-2-5-40(26)28/h1-3,5,11-14,19,23H,4,6-10,15-18H2,(H,36,41). The highest BCUT2D eigenvalue weighted by atomic mass is 32.1. The molecule has 0 radical (unpaired) electrons. The zero-order valence-corrected chi connectivity index (χ0v) is 24.7. The van der Waals surface area contributed by atoms with E-state index in [-0.39, 0.29) is 11.6 Å². The van der Waals surface area contributed by atoms with Crippen molar-refractivity contribution in [3.63, 3.8) is 0 Å². The summed E-state index contributed by atoms with van der Waals surface area (Å²) in [6.45, 7) is 5.82. The lowest BCUT2D eigenvalue weighted by molar-refractivity contribution is -0.137. The monoisotopic (exact) mass is 624 g/mol. The molecule has 7 rings (SSSR count). The van der Waals surface area contributed by atoms with E-state index in [4.69, 9.17) is 4.74 Å².